The van der Waals surface area contributed by atoms with Gasteiger partial charge in [-0.05, 0) is 70.7 Å². The second-order valence-corrected chi connectivity index (χ2v) is 10.7. The first-order valence-electron chi connectivity index (χ1n) is 11.2. The van der Waals surface area contributed by atoms with Gasteiger partial charge in [-0.1, -0.05) is 55.5 Å². The Kier molecular flexibility index (Phi) is 2.88. The van der Waals surface area contributed by atoms with Crippen molar-refractivity contribution >= 4 is 53.3 Å². The lowest BCUT2D eigenvalue weighted by Gasteiger charge is -2.17. The van der Waals surface area contributed by atoms with E-state index in [2.05, 4.69) is 90.8 Å². The standard InChI is InChI=1S/C29H21NS/c1-29(23-15-24(23)29)17-10-12-26-22(14-17)21-13-16(9-11-25(21)30-26)18-6-4-7-20-19-5-2-3-8-27(19)31-28(18)20/h2-14,23-24,30H,15H2,1H3. The molecule has 2 heterocycles. The molecule has 4 aromatic carbocycles. The van der Waals surface area contributed by atoms with E-state index in [4.69, 9.17) is 0 Å². The molecule has 2 aromatic heterocycles. The number of aromatic nitrogens is 1. The van der Waals surface area contributed by atoms with Crippen LogP contribution in [0.2, 0.25) is 0 Å². The Balaban J connectivity index is 1.36. The number of fused-ring (bicyclic) bond motifs is 7. The van der Waals surface area contributed by atoms with Crippen molar-refractivity contribution in [2.75, 3.05) is 0 Å². The summed E-state index contributed by atoms with van der Waals surface area (Å²) in [7, 11) is 0. The van der Waals surface area contributed by atoms with Crippen molar-refractivity contribution in [3.63, 3.8) is 0 Å². The van der Waals surface area contributed by atoms with Gasteiger partial charge < -0.3 is 4.98 Å². The Bertz CT molecular complexity index is 1690. The largest absolute Gasteiger partial charge is 0.355 e. The molecule has 2 aliphatic rings. The van der Waals surface area contributed by atoms with Crippen LogP contribution in [0.25, 0.3) is 53.1 Å². The molecule has 8 rings (SSSR count). The molecule has 0 saturated heterocycles. The van der Waals surface area contributed by atoms with Gasteiger partial charge in [0, 0.05) is 42.0 Å². The average molecular weight is 416 g/mol. The zero-order chi connectivity index (χ0) is 20.3. The van der Waals surface area contributed by atoms with Crippen LogP contribution in [0.4, 0.5) is 0 Å². The van der Waals surface area contributed by atoms with Crippen LogP contribution in [0.5, 0.6) is 0 Å². The van der Waals surface area contributed by atoms with Gasteiger partial charge in [0.2, 0.25) is 0 Å². The lowest BCUT2D eigenvalue weighted by Crippen LogP contribution is -2.10. The molecule has 148 valence electrons. The van der Waals surface area contributed by atoms with Gasteiger partial charge in [-0.25, -0.2) is 0 Å². The number of hydrogen-bond acceptors (Lipinski definition) is 1. The Morgan fingerprint density at radius 1 is 0.774 bits per heavy atom. The monoisotopic (exact) mass is 415 g/mol. The zero-order valence-corrected chi connectivity index (χ0v) is 18.1. The summed E-state index contributed by atoms with van der Waals surface area (Å²) >= 11 is 1.91. The molecular formula is C29H21NS. The van der Waals surface area contributed by atoms with E-state index in [0.717, 1.165) is 11.8 Å². The lowest BCUT2D eigenvalue weighted by molar-refractivity contribution is 0.563. The minimum absolute atomic E-state index is 0.443. The minimum atomic E-state index is 0.443. The van der Waals surface area contributed by atoms with Crippen LogP contribution in [-0.2, 0) is 5.41 Å². The molecule has 0 spiro atoms. The summed E-state index contributed by atoms with van der Waals surface area (Å²) in [4.78, 5) is 3.64. The van der Waals surface area contributed by atoms with E-state index in [1.807, 2.05) is 11.3 Å². The molecule has 0 bridgehead atoms. The molecule has 2 heteroatoms. The quantitative estimate of drug-likeness (QED) is 0.293. The second kappa shape index (κ2) is 5.38. The average Bonchev–Trinajstić information content (AvgIpc) is 3.64. The highest BCUT2D eigenvalue weighted by molar-refractivity contribution is 7.26. The highest BCUT2D eigenvalue weighted by atomic mass is 32.1. The summed E-state index contributed by atoms with van der Waals surface area (Å²) in [6.07, 6.45) is 1.44. The number of H-pyrrole nitrogens is 1. The molecule has 0 aliphatic heterocycles. The van der Waals surface area contributed by atoms with Crippen molar-refractivity contribution in [3.8, 4) is 11.1 Å². The van der Waals surface area contributed by atoms with Gasteiger partial charge in [0.05, 0.1) is 0 Å². The summed E-state index contributed by atoms with van der Waals surface area (Å²) in [6, 6.07) is 29.5. The van der Waals surface area contributed by atoms with Gasteiger partial charge in [-0.2, -0.15) is 0 Å². The topological polar surface area (TPSA) is 15.8 Å². The van der Waals surface area contributed by atoms with Crippen LogP contribution in [0, 0.1) is 11.8 Å². The number of nitrogens with one attached hydrogen (secondary N) is 1. The van der Waals surface area contributed by atoms with Gasteiger partial charge in [-0.3, -0.25) is 0 Å². The SMILES string of the molecule is CC1(c2ccc3[nH]c4ccc(-c5cccc6c5sc5ccccc56)cc4c3c2)C2CC21. The van der Waals surface area contributed by atoms with Crippen molar-refractivity contribution in [1.29, 1.82) is 0 Å². The van der Waals surface area contributed by atoms with Gasteiger partial charge >= 0.3 is 0 Å². The van der Waals surface area contributed by atoms with Gasteiger partial charge in [0.25, 0.3) is 0 Å². The molecule has 6 aromatic rings. The van der Waals surface area contributed by atoms with E-state index in [1.165, 1.54) is 65.1 Å². The van der Waals surface area contributed by atoms with Crippen LogP contribution < -0.4 is 0 Å². The Morgan fingerprint density at radius 3 is 2.39 bits per heavy atom. The van der Waals surface area contributed by atoms with Gasteiger partial charge in [-0.15, -0.1) is 11.3 Å². The molecule has 2 atom stereocenters. The molecule has 2 aliphatic carbocycles. The van der Waals surface area contributed by atoms with E-state index in [1.54, 1.807) is 0 Å². The molecule has 0 amide bonds. The third kappa shape index (κ3) is 2.06. The van der Waals surface area contributed by atoms with Crippen molar-refractivity contribution < 1.29 is 0 Å². The van der Waals surface area contributed by atoms with Crippen LogP contribution in [0.1, 0.15) is 18.9 Å². The van der Waals surface area contributed by atoms with Crippen LogP contribution >= 0.6 is 11.3 Å². The minimum Gasteiger partial charge on any atom is -0.355 e. The van der Waals surface area contributed by atoms with Gasteiger partial charge in [0.15, 0.2) is 0 Å². The smallest absolute Gasteiger partial charge is 0.0465 e. The number of aromatic amines is 1. The Hall–Kier alpha value is -3.10. The first kappa shape index (κ1) is 16.6. The maximum Gasteiger partial charge on any atom is 0.0465 e. The van der Waals surface area contributed by atoms with Crippen LogP contribution in [0.15, 0.2) is 78.9 Å². The molecule has 2 unspecified atom stereocenters. The third-order valence-corrected chi connectivity index (χ3v) is 9.38. The summed E-state index contributed by atoms with van der Waals surface area (Å²) < 4.78 is 2.74. The molecule has 2 saturated carbocycles. The second-order valence-electron chi connectivity index (χ2n) is 9.66. The fourth-order valence-corrected chi connectivity index (χ4v) is 7.26. The molecule has 1 N–H and O–H groups in total. The normalized spacial score (nSPS) is 24.3. The van der Waals surface area contributed by atoms with Crippen molar-refractivity contribution in [2.24, 2.45) is 11.8 Å². The van der Waals surface area contributed by atoms with E-state index in [0.29, 0.717) is 5.41 Å². The predicted octanol–water partition coefficient (Wildman–Crippen LogP) is 8.26. The Morgan fingerprint density at radius 2 is 1.55 bits per heavy atom. The molecule has 2 fully saturated rings. The highest BCUT2D eigenvalue weighted by Crippen LogP contribution is 2.77. The zero-order valence-electron chi connectivity index (χ0n) is 17.3. The van der Waals surface area contributed by atoms with Crippen LogP contribution in [0.3, 0.4) is 0 Å². The molecule has 0 radical (unpaired) electrons. The number of hydrogen-bond donors (Lipinski definition) is 1. The number of thiophene rings is 1. The molecule has 31 heavy (non-hydrogen) atoms. The van der Waals surface area contributed by atoms with E-state index < -0.39 is 0 Å². The fourth-order valence-electron chi connectivity index (χ4n) is 6.02. The van der Waals surface area contributed by atoms with Crippen LogP contribution in [-0.4, -0.2) is 4.98 Å². The summed E-state index contributed by atoms with van der Waals surface area (Å²) in [5.41, 5.74) is 7.08. The van der Waals surface area contributed by atoms with Crippen molar-refractivity contribution in [2.45, 2.75) is 18.8 Å². The molecular weight excluding hydrogens is 394 g/mol. The fraction of sp³-hybridized carbons (Fsp3) is 0.172. The number of benzene rings is 4. The summed E-state index contributed by atoms with van der Waals surface area (Å²) in [6.45, 7) is 2.45. The van der Waals surface area contributed by atoms with Crippen molar-refractivity contribution in [1.82, 2.24) is 4.98 Å². The summed E-state index contributed by atoms with van der Waals surface area (Å²) in [5, 5.41) is 5.43. The third-order valence-electron chi connectivity index (χ3n) is 8.16. The summed E-state index contributed by atoms with van der Waals surface area (Å²) in [5.74, 6) is 1.88. The first-order chi connectivity index (χ1) is 15.2. The van der Waals surface area contributed by atoms with Crippen molar-refractivity contribution in [3.05, 3.63) is 84.4 Å². The maximum atomic E-state index is 3.64. The number of rotatable bonds is 2. The van der Waals surface area contributed by atoms with E-state index >= 15 is 0 Å². The first-order valence-corrected chi connectivity index (χ1v) is 12.0. The van der Waals surface area contributed by atoms with Gasteiger partial charge in [0.1, 0.15) is 0 Å². The lowest BCUT2D eigenvalue weighted by atomic mass is 9.87. The maximum absolute atomic E-state index is 3.64. The highest BCUT2D eigenvalue weighted by Gasteiger charge is 2.73. The van der Waals surface area contributed by atoms with E-state index in [9.17, 15) is 0 Å². The van der Waals surface area contributed by atoms with E-state index in [-0.39, 0.29) is 0 Å². The Labute approximate surface area is 184 Å². The predicted molar refractivity (Wildman–Crippen MR) is 133 cm³/mol. The molecule has 1 nitrogen and oxygen atoms in total.